The Kier molecular flexibility index (Phi) is 4.59. The molecule has 3 heteroatoms. The van der Waals surface area contributed by atoms with Crippen LogP contribution in [0.1, 0.15) is 43.9 Å². The fourth-order valence-electron chi connectivity index (χ4n) is 2.75. The van der Waals surface area contributed by atoms with E-state index in [1.807, 2.05) is 11.9 Å². The molecule has 1 aliphatic rings. The van der Waals surface area contributed by atoms with Gasteiger partial charge in [0.05, 0.1) is 6.04 Å². The topological polar surface area (TPSA) is 32.3 Å². The van der Waals surface area contributed by atoms with Crippen LogP contribution in [0.25, 0.3) is 0 Å². The molecule has 0 saturated heterocycles. The van der Waals surface area contributed by atoms with Crippen LogP contribution in [-0.4, -0.2) is 30.4 Å². The number of carbonyl (C=O) groups excluding carboxylic acids is 1. The lowest BCUT2D eigenvalue weighted by Gasteiger charge is -2.25. The van der Waals surface area contributed by atoms with Crippen LogP contribution in [0.5, 0.6) is 0 Å². The molecule has 0 fully saturated rings. The van der Waals surface area contributed by atoms with Gasteiger partial charge in [-0.3, -0.25) is 4.79 Å². The second-order valence-corrected chi connectivity index (χ2v) is 5.62. The first-order chi connectivity index (χ1) is 9.09. The molecule has 1 amide bonds. The molecule has 0 radical (unpaired) electrons. The third-order valence-electron chi connectivity index (χ3n) is 3.85. The van der Waals surface area contributed by atoms with Crippen LogP contribution < -0.4 is 5.32 Å². The number of rotatable bonds is 5. The maximum Gasteiger partial charge on any atom is 0.224 e. The second-order valence-electron chi connectivity index (χ2n) is 5.62. The Morgan fingerprint density at radius 1 is 1.42 bits per heavy atom. The van der Waals surface area contributed by atoms with Crippen LogP contribution in [0.2, 0.25) is 0 Å². The van der Waals surface area contributed by atoms with Gasteiger partial charge in [-0.1, -0.05) is 38.1 Å². The average molecular weight is 260 g/mol. The van der Waals surface area contributed by atoms with Crippen molar-refractivity contribution in [3.8, 4) is 0 Å². The molecule has 3 nitrogen and oxygen atoms in total. The highest BCUT2D eigenvalue weighted by Crippen LogP contribution is 2.34. The number of nitrogens with zero attached hydrogens (tertiary/aromatic N) is 1. The van der Waals surface area contributed by atoms with E-state index in [0.717, 1.165) is 19.4 Å². The van der Waals surface area contributed by atoms with E-state index in [-0.39, 0.29) is 11.9 Å². The number of hydrogen-bond donors (Lipinski definition) is 1. The fraction of sp³-hybridized carbons (Fsp3) is 0.562. The predicted molar refractivity (Wildman–Crippen MR) is 78.0 cm³/mol. The zero-order chi connectivity index (χ0) is 13.8. The molecule has 104 valence electrons. The van der Waals surface area contributed by atoms with E-state index in [1.54, 1.807) is 0 Å². The summed E-state index contributed by atoms with van der Waals surface area (Å²) in [7, 11) is 1.93. The summed E-state index contributed by atoms with van der Waals surface area (Å²) in [5.74, 6) is 0.231. The summed E-state index contributed by atoms with van der Waals surface area (Å²) in [4.78, 5) is 14.1. The van der Waals surface area contributed by atoms with E-state index in [0.29, 0.717) is 12.5 Å². The molecule has 1 atom stereocenters. The molecule has 0 heterocycles. The molecule has 0 bridgehead atoms. The van der Waals surface area contributed by atoms with Crippen LogP contribution >= 0.6 is 0 Å². The number of amides is 1. The number of fused-ring (bicyclic) bond motifs is 1. The number of aryl methyl sites for hydroxylation is 1. The van der Waals surface area contributed by atoms with Gasteiger partial charge in [0.2, 0.25) is 5.91 Å². The Hall–Kier alpha value is -1.35. The Labute approximate surface area is 116 Å². The van der Waals surface area contributed by atoms with Gasteiger partial charge >= 0.3 is 0 Å². The van der Waals surface area contributed by atoms with Gasteiger partial charge in [-0.25, -0.2) is 0 Å². The smallest absolute Gasteiger partial charge is 0.224 e. The minimum Gasteiger partial charge on any atom is -0.339 e. The summed E-state index contributed by atoms with van der Waals surface area (Å²) >= 11 is 0. The van der Waals surface area contributed by atoms with Gasteiger partial charge < -0.3 is 10.2 Å². The van der Waals surface area contributed by atoms with E-state index < -0.39 is 0 Å². The summed E-state index contributed by atoms with van der Waals surface area (Å²) in [6.07, 6.45) is 2.72. The molecule has 0 aliphatic heterocycles. The summed E-state index contributed by atoms with van der Waals surface area (Å²) in [6.45, 7) is 4.96. The predicted octanol–water partition coefficient (Wildman–Crippen LogP) is 2.52. The molecule has 19 heavy (non-hydrogen) atoms. The van der Waals surface area contributed by atoms with Crippen LogP contribution in [0, 0.1) is 0 Å². The summed E-state index contributed by atoms with van der Waals surface area (Å²) in [6, 6.07) is 9.18. The third kappa shape index (κ3) is 3.35. The fourth-order valence-corrected chi connectivity index (χ4v) is 2.75. The third-order valence-corrected chi connectivity index (χ3v) is 3.85. The van der Waals surface area contributed by atoms with E-state index in [9.17, 15) is 4.79 Å². The molecular formula is C16H24N2O. The molecule has 0 saturated carbocycles. The van der Waals surface area contributed by atoms with E-state index in [1.165, 1.54) is 11.1 Å². The van der Waals surface area contributed by atoms with Crippen LogP contribution in [0.4, 0.5) is 0 Å². The molecule has 0 spiro atoms. The Balaban J connectivity index is 1.94. The minimum atomic E-state index is 0.231. The van der Waals surface area contributed by atoms with Crippen molar-refractivity contribution in [2.75, 3.05) is 13.6 Å². The number of carbonyl (C=O) groups is 1. The maximum atomic E-state index is 12.2. The van der Waals surface area contributed by atoms with Crippen LogP contribution in [0.3, 0.4) is 0 Å². The molecule has 1 aliphatic carbocycles. The van der Waals surface area contributed by atoms with Gasteiger partial charge in [-0.05, 0) is 24.0 Å². The highest BCUT2D eigenvalue weighted by atomic mass is 16.2. The van der Waals surface area contributed by atoms with Crippen LogP contribution in [-0.2, 0) is 11.2 Å². The van der Waals surface area contributed by atoms with Crippen molar-refractivity contribution in [3.05, 3.63) is 35.4 Å². The maximum absolute atomic E-state index is 12.2. The standard InChI is InChI=1S/C16H24N2O/c1-12(2)17-11-10-16(19)18(3)15-9-8-13-6-4-5-7-14(13)15/h4-7,12,15,17H,8-11H2,1-3H3. The van der Waals surface area contributed by atoms with Crippen LogP contribution in [0.15, 0.2) is 24.3 Å². The Morgan fingerprint density at radius 3 is 2.89 bits per heavy atom. The number of nitrogens with one attached hydrogen (secondary N) is 1. The van der Waals surface area contributed by atoms with Crippen molar-refractivity contribution in [1.29, 1.82) is 0 Å². The number of hydrogen-bond acceptors (Lipinski definition) is 2. The van der Waals surface area contributed by atoms with E-state index in [2.05, 4.69) is 43.4 Å². The molecule has 1 aromatic carbocycles. The second kappa shape index (κ2) is 6.20. The SMILES string of the molecule is CC(C)NCCC(=O)N(C)C1CCc2ccccc21. The first kappa shape index (κ1) is 14.1. The van der Waals surface area contributed by atoms with Crippen molar-refractivity contribution in [1.82, 2.24) is 10.2 Å². The normalized spacial score (nSPS) is 17.6. The zero-order valence-electron chi connectivity index (χ0n) is 12.1. The molecule has 2 rings (SSSR count). The molecule has 1 aromatic rings. The van der Waals surface area contributed by atoms with Crippen molar-refractivity contribution in [2.24, 2.45) is 0 Å². The highest BCUT2D eigenvalue weighted by Gasteiger charge is 2.27. The first-order valence-electron chi connectivity index (χ1n) is 7.16. The van der Waals surface area contributed by atoms with E-state index >= 15 is 0 Å². The first-order valence-corrected chi connectivity index (χ1v) is 7.16. The Morgan fingerprint density at radius 2 is 2.16 bits per heavy atom. The van der Waals surface area contributed by atoms with Crippen molar-refractivity contribution < 1.29 is 4.79 Å². The number of benzene rings is 1. The lowest BCUT2D eigenvalue weighted by molar-refractivity contribution is -0.132. The summed E-state index contributed by atoms with van der Waals surface area (Å²) < 4.78 is 0. The molecule has 0 aromatic heterocycles. The average Bonchev–Trinajstić information content (AvgIpc) is 2.81. The molecule has 1 unspecified atom stereocenters. The monoisotopic (exact) mass is 260 g/mol. The minimum absolute atomic E-state index is 0.231. The highest BCUT2D eigenvalue weighted by molar-refractivity contribution is 5.76. The Bertz CT molecular complexity index is 442. The largest absolute Gasteiger partial charge is 0.339 e. The van der Waals surface area contributed by atoms with Gasteiger partial charge in [-0.2, -0.15) is 0 Å². The van der Waals surface area contributed by atoms with Crippen molar-refractivity contribution in [3.63, 3.8) is 0 Å². The lowest BCUT2D eigenvalue weighted by Crippen LogP contribution is -2.33. The van der Waals surface area contributed by atoms with Gasteiger partial charge in [0.1, 0.15) is 0 Å². The summed E-state index contributed by atoms with van der Waals surface area (Å²) in [5.41, 5.74) is 2.72. The molecular weight excluding hydrogens is 236 g/mol. The van der Waals surface area contributed by atoms with Gasteiger partial charge in [0.15, 0.2) is 0 Å². The lowest BCUT2D eigenvalue weighted by atomic mass is 10.1. The van der Waals surface area contributed by atoms with Gasteiger partial charge in [-0.15, -0.1) is 0 Å². The zero-order valence-corrected chi connectivity index (χ0v) is 12.1. The molecule has 1 N–H and O–H groups in total. The van der Waals surface area contributed by atoms with E-state index in [4.69, 9.17) is 0 Å². The van der Waals surface area contributed by atoms with Crippen molar-refractivity contribution >= 4 is 5.91 Å². The van der Waals surface area contributed by atoms with Gasteiger partial charge in [0, 0.05) is 26.1 Å². The summed E-state index contributed by atoms with van der Waals surface area (Å²) in [5, 5.41) is 3.29. The quantitative estimate of drug-likeness (QED) is 0.882. The van der Waals surface area contributed by atoms with Gasteiger partial charge in [0.25, 0.3) is 0 Å². The van der Waals surface area contributed by atoms with Crippen molar-refractivity contribution in [2.45, 2.75) is 45.2 Å².